The first kappa shape index (κ1) is 15.8. The molecule has 1 fully saturated rings. The number of pyridine rings is 1. The smallest absolute Gasteiger partial charge is 0.216 e. The van der Waals surface area contributed by atoms with Gasteiger partial charge < -0.3 is 10.6 Å². The SMILES string of the molecule is CCNc1ncccc1CN1CCC(CNC(C)=O)CC1. The van der Waals surface area contributed by atoms with Gasteiger partial charge in [-0.2, -0.15) is 0 Å². The van der Waals surface area contributed by atoms with Crippen LogP contribution < -0.4 is 10.6 Å². The van der Waals surface area contributed by atoms with Gasteiger partial charge in [0.1, 0.15) is 5.82 Å². The maximum absolute atomic E-state index is 11.0. The van der Waals surface area contributed by atoms with Crippen molar-refractivity contribution in [2.24, 2.45) is 5.92 Å². The lowest BCUT2D eigenvalue weighted by Crippen LogP contribution is -2.38. The molecule has 21 heavy (non-hydrogen) atoms. The van der Waals surface area contributed by atoms with Crippen LogP contribution in [-0.2, 0) is 11.3 Å². The average Bonchev–Trinajstić information content (AvgIpc) is 2.49. The van der Waals surface area contributed by atoms with E-state index in [-0.39, 0.29) is 5.91 Å². The first-order valence-corrected chi connectivity index (χ1v) is 7.83. The molecular weight excluding hydrogens is 264 g/mol. The Hall–Kier alpha value is -1.62. The van der Waals surface area contributed by atoms with Crippen molar-refractivity contribution < 1.29 is 4.79 Å². The zero-order valence-electron chi connectivity index (χ0n) is 13.1. The van der Waals surface area contributed by atoms with Crippen molar-refractivity contribution in [3.8, 4) is 0 Å². The Morgan fingerprint density at radius 3 is 2.86 bits per heavy atom. The van der Waals surface area contributed by atoms with E-state index in [9.17, 15) is 4.79 Å². The fourth-order valence-corrected chi connectivity index (χ4v) is 2.77. The van der Waals surface area contributed by atoms with Crippen LogP contribution in [0.25, 0.3) is 0 Å². The molecule has 0 bridgehead atoms. The molecule has 1 aliphatic heterocycles. The normalized spacial score (nSPS) is 16.7. The number of aromatic nitrogens is 1. The van der Waals surface area contributed by atoms with Crippen molar-refractivity contribution in [3.05, 3.63) is 23.9 Å². The van der Waals surface area contributed by atoms with Crippen LogP contribution in [-0.4, -0.2) is 42.0 Å². The van der Waals surface area contributed by atoms with E-state index in [0.29, 0.717) is 5.92 Å². The van der Waals surface area contributed by atoms with Crippen LogP contribution in [0.5, 0.6) is 0 Å². The maximum atomic E-state index is 11.0. The highest BCUT2D eigenvalue weighted by Crippen LogP contribution is 2.20. The molecule has 0 unspecified atom stereocenters. The molecule has 1 amide bonds. The monoisotopic (exact) mass is 290 g/mol. The minimum Gasteiger partial charge on any atom is -0.370 e. The number of anilines is 1. The lowest BCUT2D eigenvalue weighted by atomic mass is 9.96. The summed E-state index contributed by atoms with van der Waals surface area (Å²) in [4.78, 5) is 17.8. The molecule has 1 saturated heterocycles. The van der Waals surface area contributed by atoms with E-state index in [1.54, 1.807) is 6.92 Å². The first-order chi connectivity index (χ1) is 10.2. The maximum Gasteiger partial charge on any atom is 0.216 e. The van der Waals surface area contributed by atoms with Gasteiger partial charge in [0.05, 0.1) is 0 Å². The zero-order chi connectivity index (χ0) is 15.1. The van der Waals surface area contributed by atoms with Gasteiger partial charge in [-0.1, -0.05) is 6.07 Å². The van der Waals surface area contributed by atoms with Gasteiger partial charge in [-0.25, -0.2) is 4.98 Å². The Labute approximate surface area is 127 Å². The summed E-state index contributed by atoms with van der Waals surface area (Å²) in [5.41, 5.74) is 1.26. The number of hydrogen-bond acceptors (Lipinski definition) is 4. The van der Waals surface area contributed by atoms with Crippen LogP contribution in [0.2, 0.25) is 0 Å². The van der Waals surface area contributed by atoms with E-state index in [1.165, 1.54) is 5.56 Å². The quantitative estimate of drug-likeness (QED) is 0.839. The summed E-state index contributed by atoms with van der Waals surface area (Å²) in [6.45, 7) is 8.51. The standard InChI is InChI=1S/C16H26N4O/c1-3-17-16-15(5-4-8-18-16)12-20-9-6-14(7-10-20)11-19-13(2)21/h4-5,8,14H,3,6-7,9-12H2,1-2H3,(H,17,18)(H,19,21). The van der Waals surface area contributed by atoms with Gasteiger partial charge in [-0.05, 0) is 44.8 Å². The van der Waals surface area contributed by atoms with Crippen molar-refractivity contribution >= 4 is 11.7 Å². The number of carbonyl (C=O) groups excluding carboxylic acids is 1. The summed E-state index contributed by atoms with van der Waals surface area (Å²) in [5.74, 6) is 1.69. The van der Waals surface area contributed by atoms with E-state index in [1.807, 2.05) is 12.3 Å². The molecule has 0 spiro atoms. The van der Waals surface area contributed by atoms with Gasteiger partial charge >= 0.3 is 0 Å². The summed E-state index contributed by atoms with van der Waals surface area (Å²) in [7, 11) is 0. The molecule has 1 aliphatic rings. The Morgan fingerprint density at radius 1 is 1.43 bits per heavy atom. The first-order valence-electron chi connectivity index (χ1n) is 7.83. The number of nitrogens with zero attached hydrogens (tertiary/aromatic N) is 2. The van der Waals surface area contributed by atoms with Crippen molar-refractivity contribution in [3.63, 3.8) is 0 Å². The highest BCUT2D eigenvalue weighted by atomic mass is 16.1. The van der Waals surface area contributed by atoms with Crippen LogP contribution in [0.4, 0.5) is 5.82 Å². The molecule has 5 heteroatoms. The fourth-order valence-electron chi connectivity index (χ4n) is 2.77. The topological polar surface area (TPSA) is 57.3 Å². The predicted octanol–water partition coefficient (Wildman–Crippen LogP) is 1.86. The molecule has 0 radical (unpaired) electrons. The van der Waals surface area contributed by atoms with Gasteiger partial charge in [-0.3, -0.25) is 9.69 Å². The third-order valence-corrected chi connectivity index (χ3v) is 3.98. The molecular formula is C16H26N4O. The number of nitrogens with one attached hydrogen (secondary N) is 2. The Balaban J connectivity index is 1.82. The number of carbonyl (C=O) groups is 1. The molecule has 2 heterocycles. The third kappa shape index (κ3) is 5.01. The van der Waals surface area contributed by atoms with Crippen molar-refractivity contribution in [2.75, 3.05) is 31.5 Å². The molecule has 0 aliphatic carbocycles. The van der Waals surface area contributed by atoms with E-state index < -0.39 is 0 Å². The summed E-state index contributed by atoms with van der Waals surface area (Å²) >= 11 is 0. The van der Waals surface area contributed by atoms with Crippen LogP contribution in [0.15, 0.2) is 18.3 Å². The lowest BCUT2D eigenvalue weighted by Gasteiger charge is -2.32. The number of likely N-dealkylation sites (tertiary alicyclic amines) is 1. The predicted molar refractivity (Wildman–Crippen MR) is 85.1 cm³/mol. The van der Waals surface area contributed by atoms with Gasteiger partial charge in [-0.15, -0.1) is 0 Å². The Morgan fingerprint density at radius 2 is 2.19 bits per heavy atom. The minimum atomic E-state index is 0.0723. The van der Waals surface area contributed by atoms with Crippen molar-refractivity contribution in [2.45, 2.75) is 33.2 Å². The number of amides is 1. The molecule has 5 nitrogen and oxygen atoms in total. The third-order valence-electron chi connectivity index (χ3n) is 3.98. The summed E-state index contributed by atoms with van der Waals surface area (Å²) in [6, 6.07) is 4.15. The van der Waals surface area contributed by atoms with Crippen LogP contribution in [0.3, 0.4) is 0 Å². The number of rotatable bonds is 6. The van der Waals surface area contributed by atoms with Gasteiger partial charge in [0, 0.05) is 38.3 Å². The fraction of sp³-hybridized carbons (Fsp3) is 0.625. The molecule has 1 aromatic heterocycles. The molecule has 2 rings (SSSR count). The molecule has 0 saturated carbocycles. The van der Waals surface area contributed by atoms with Gasteiger partial charge in [0.25, 0.3) is 0 Å². The van der Waals surface area contributed by atoms with E-state index in [0.717, 1.165) is 51.4 Å². The number of hydrogen-bond donors (Lipinski definition) is 2. The van der Waals surface area contributed by atoms with E-state index in [2.05, 4.69) is 33.5 Å². The second-order valence-corrected chi connectivity index (χ2v) is 5.70. The second-order valence-electron chi connectivity index (χ2n) is 5.70. The van der Waals surface area contributed by atoms with Crippen LogP contribution in [0, 0.1) is 5.92 Å². The average molecular weight is 290 g/mol. The Kier molecular flexibility index (Phi) is 5.99. The van der Waals surface area contributed by atoms with Crippen molar-refractivity contribution in [1.29, 1.82) is 0 Å². The summed E-state index contributed by atoms with van der Waals surface area (Å²) < 4.78 is 0. The summed E-state index contributed by atoms with van der Waals surface area (Å²) in [5, 5.41) is 6.25. The van der Waals surface area contributed by atoms with E-state index >= 15 is 0 Å². The highest BCUT2D eigenvalue weighted by molar-refractivity contribution is 5.72. The minimum absolute atomic E-state index is 0.0723. The van der Waals surface area contributed by atoms with E-state index in [4.69, 9.17) is 0 Å². The lowest BCUT2D eigenvalue weighted by molar-refractivity contribution is -0.119. The zero-order valence-corrected chi connectivity index (χ0v) is 13.1. The molecule has 0 atom stereocenters. The molecule has 2 N–H and O–H groups in total. The highest BCUT2D eigenvalue weighted by Gasteiger charge is 2.20. The number of piperidine rings is 1. The van der Waals surface area contributed by atoms with Crippen LogP contribution >= 0.6 is 0 Å². The van der Waals surface area contributed by atoms with Gasteiger partial charge in [0.2, 0.25) is 5.91 Å². The Bertz CT molecular complexity index is 455. The molecule has 1 aromatic rings. The largest absolute Gasteiger partial charge is 0.370 e. The molecule has 116 valence electrons. The van der Waals surface area contributed by atoms with Crippen molar-refractivity contribution in [1.82, 2.24) is 15.2 Å². The summed E-state index contributed by atoms with van der Waals surface area (Å²) in [6.07, 6.45) is 4.13. The molecule has 0 aromatic carbocycles. The van der Waals surface area contributed by atoms with Gasteiger partial charge in [0.15, 0.2) is 0 Å². The van der Waals surface area contributed by atoms with Crippen LogP contribution in [0.1, 0.15) is 32.3 Å². The second kappa shape index (κ2) is 7.98.